The fourth-order valence-corrected chi connectivity index (χ4v) is 3.65. The van der Waals surface area contributed by atoms with E-state index in [1.165, 1.54) is 36.5 Å². The summed E-state index contributed by atoms with van der Waals surface area (Å²) < 4.78 is 0. The summed E-state index contributed by atoms with van der Waals surface area (Å²) in [6.07, 6.45) is 3.44. The molecule has 1 saturated heterocycles. The molecule has 0 saturated carbocycles. The summed E-state index contributed by atoms with van der Waals surface area (Å²) in [5, 5.41) is 12.5. The van der Waals surface area contributed by atoms with Crippen LogP contribution in [0.2, 0.25) is 0 Å². The number of aliphatic hydroxyl groups excluding tert-OH is 1. The lowest BCUT2D eigenvalue weighted by Crippen LogP contribution is -2.37. The quantitative estimate of drug-likeness (QED) is 0.598. The third kappa shape index (κ3) is 5.53. The molecule has 1 aliphatic rings. The van der Waals surface area contributed by atoms with Crippen LogP contribution in [0.3, 0.4) is 0 Å². The molecule has 2 rings (SSSR count). The summed E-state index contributed by atoms with van der Waals surface area (Å²) in [6.45, 7) is 5.02. The molecule has 1 heterocycles. The van der Waals surface area contributed by atoms with Gasteiger partial charge in [0.25, 0.3) is 0 Å². The van der Waals surface area contributed by atoms with Crippen molar-refractivity contribution >= 4 is 17.4 Å². The van der Waals surface area contributed by atoms with Crippen molar-refractivity contribution in [2.45, 2.75) is 37.1 Å². The lowest BCUT2D eigenvalue weighted by Gasteiger charge is -2.33. The normalized spacial score (nSPS) is 18.6. The van der Waals surface area contributed by atoms with Gasteiger partial charge in [0.2, 0.25) is 0 Å². The number of rotatable bonds is 7. The number of anilines is 1. The first-order valence-electron chi connectivity index (χ1n) is 7.98. The molecule has 1 aliphatic heterocycles. The maximum atomic E-state index is 8.80. The molecule has 1 unspecified atom stereocenters. The molecule has 0 radical (unpaired) electrons. The minimum absolute atomic E-state index is 0.279. The number of nitrogens with one attached hydrogen (secondary N) is 1. The van der Waals surface area contributed by atoms with Gasteiger partial charge in [-0.05, 0) is 76.5 Å². The Bertz CT molecular complexity index is 402. The van der Waals surface area contributed by atoms with Crippen molar-refractivity contribution in [3.05, 3.63) is 24.3 Å². The first-order valence-corrected chi connectivity index (χ1v) is 8.96. The van der Waals surface area contributed by atoms with Gasteiger partial charge in [-0.25, -0.2) is 0 Å². The molecule has 0 spiro atoms. The maximum Gasteiger partial charge on any atom is 0.0439 e. The van der Waals surface area contributed by atoms with Crippen molar-refractivity contribution < 1.29 is 5.11 Å². The molecule has 0 bridgehead atoms. The van der Waals surface area contributed by atoms with Crippen LogP contribution in [0.4, 0.5) is 5.69 Å². The van der Waals surface area contributed by atoms with Gasteiger partial charge in [0.1, 0.15) is 0 Å². The van der Waals surface area contributed by atoms with Gasteiger partial charge in [0, 0.05) is 29.0 Å². The van der Waals surface area contributed by atoms with Crippen molar-refractivity contribution in [3.8, 4) is 0 Å². The second-order valence-electron chi connectivity index (χ2n) is 6.02. The Kier molecular flexibility index (Phi) is 6.87. The highest BCUT2D eigenvalue weighted by atomic mass is 32.2. The van der Waals surface area contributed by atoms with Crippen LogP contribution in [0.25, 0.3) is 0 Å². The van der Waals surface area contributed by atoms with Crippen molar-refractivity contribution in [1.82, 2.24) is 4.90 Å². The highest BCUT2D eigenvalue weighted by Gasteiger charge is 2.21. The van der Waals surface area contributed by atoms with Crippen molar-refractivity contribution in [2.24, 2.45) is 5.92 Å². The fourth-order valence-electron chi connectivity index (χ4n) is 2.81. The van der Waals surface area contributed by atoms with Crippen molar-refractivity contribution in [2.75, 3.05) is 37.8 Å². The van der Waals surface area contributed by atoms with Crippen LogP contribution in [-0.2, 0) is 0 Å². The van der Waals surface area contributed by atoms with Crippen molar-refractivity contribution in [1.29, 1.82) is 0 Å². The summed E-state index contributed by atoms with van der Waals surface area (Å²) in [7, 11) is 2.21. The number of thioether (sulfide) groups is 1. The van der Waals surface area contributed by atoms with Crippen LogP contribution < -0.4 is 5.32 Å². The highest BCUT2D eigenvalue weighted by Crippen LogP contribution is 2.24. The summed E-state index contributed by atoms with van der Waals surface area (Å²) in [4.78, 5) is 3.70. The van der Waals surface area contributed by atoms with E-state index in [1.54, 1.807) is 0 Å². The SMILES string of the molecule is CC(Nc1ccc(SCCCO)cc1)C1CCN(C)CC1. The van der Waals surface area contributed by atoms with Gasteiger partial charge in [-0.15, -0.1) is 11.8 Å². The number of nitrogens with zero attached hydrogens (tertiary/aromatic N) is 1. The van der Waals surface area contributed by atoms with Gasteiger partial charge in [-0.2, -0.15) is 0 Å². The van der Waals surface area contributed by atoms with Gasteiger partial charge in [0.05, 0.1) is 0 Å². The first kappa shape index (κ1) is 16.7. The standard InChI is InChI=1S/C17H28N2OS/c1-14(15-8-10-19(2)11-9-15)18-16-4-6-17(7-5-16)21-13-3-12-20/h4-7,14-15,18,20H,3,8-13H2,1-2H3. The van der Waals surface area contributed by atoms with Crippen LogP contribution in [0.5, 0.6) is 0 Å². The third-order valence-electron chi connectivity index (χ3n) is 4.29. The predicted octanol–water partition coefficient (Wildman–Crippen LogP) is 3.30. The fraction of sp³-hybridized carbons (Fsp3) is 0.647. The van der Waals surface area contributed by atoms with Crippen molar-refractivity contribution in [3.63, 3.8) is 0 Å². The summed E-state index contributed by atoms with van der Waals surface area (Å²) in [6, 6.07) is 9.23. The van der Waals surface area contributed by atoms with Crippen LogP contribution in [0.1, 0.15) is 26.2 Å². The second kappa shape index (κ2) is 8.66. The highest BCUT2D eigenvalue weighted by molar-refractivity contribution is 7.99. The Hall–Kier alpha value is -0.710. The molecule has 1 fully saturated rings. The minimum atomic E-state index is 0.279. The topological polar surface area (TPSA) is 35.5 Å². The van der Waals surface area contributed by atoms with Crippen LogP contribution in [-0.4, -0.2) is 48.5 Å². The summed E-state index contributed by atoms with van der Waals surface area (Å²) >= 11 is 1.81. The Labute approximate surface area is 133 Å². The zero-order valence-corrected chi connectivity index (χ0v) is 14.0. The average Bonchev–Trinajstić information content (AvgIpc) is 2.50. The number of piperidine rings is 1. The van der Waals surface area contributed by atoms with E-state index in [9.17, 15) is 0 Å². The van der Waals surface area contributed by atoms with Crippen LogP contribution >= 0.6 is 11.8 Å². The largest absolute Gasteiger partial charge is 0.396 e. The molecule has 118 valence electrons. The van der Waals surface area contributed by atoms with E-state index in [0.717, 1.165) is 18.1 Å². The van der Waals surface area contributed by atoms with E-state index in [4.69, 9.17) is 5.11 Å². The Morgan fingerprint density at radius 3 is 2.57 bits per heavy atom. The Balaban J connectivity index is 1.79. The van der Waals surface area contributed by atoms with E-state index >= 15 is 0 Å². The Morgan fingerprint density at radius 1 is 1.29 bits per heavy atom. The number of hydrogen-bond donors (Lipinski definition) is 2. The molecule has 0 aliphatic carbocycles. The second-order valence-corrected chi connectivity index (χ2v) is 7.19. The molecule has 1 aromatic rings. The molecule has 4 heteroatoms. The van der Waals surface area contributed by atoms with Gasteiger partial charge < -0.3 is 15.3 Å². The number of likely N-dealkylation sites (tertiary alicyclic amines) is 1. The predicted molar refractivity (Wildman–Crippen MR) is 92.2 cm³/mol. The van der Waals surface area contributed by atoms with E-state index < -0.39 is 0 Å². The number of aliphatic hydroxyl groups is 1. The molecule has 3 nitrogen and oxygen atoms in total. The molecular formula is C17H28N2OS. The molecular weight excluding hydrogens is 280 g/mol. The molecule has 0 aromatic heterocycles. The molecule has 0 amide bonds. The maximum absolute atomic E-state index is 8.80. The van der Waals surface area contributed by atoms with Gasteiger partial charge in [-0.1, -0.05) is 0 Å². The zero-order chi connectivity index (χ0) is 15.1. The lowest BCUT2D eigenvalue weighted by molar-refractivity contribution is 0.208. The first-order chi connectivity index (χ1) is 10.2. The third-order valence-corrected chi connectivity index (χ3v) is 5.39. The van der Waals surface area contributed by atoms with Crippen LogP contribution in [0, 0.1) is 5.92 Å². The minimum Gasteiger partial charge on any atom is -0.396 e. The van der Waals surface area contributed by atoms with E-state index in [-0.39, 0.29) is 6.61 Å². The van der Waals surface area contributed by atoms with E-state index in [0.29, 0.717) is 6.04 Å². The monoisotopic (exact) mass is 308 g/mol. The average molecular weight is 308 g/mol. The molecule has 1 aromatic carbocycles. The molecule has 21 heavy (non-hydrogen) atoms. The Morgan fingerprint density at radius 2 is 1.95 bits per heavy atom. The smallest absolute Gasteiger partial charge is 0.0439 e. The number of benzene rings is 1. The van der Waals surface area contributed by atoms with Crippen LogP contribution in [0.15, 0.2) is 29.2 Å². The summed E-state index contributed by atoms with van der Waals surface area (Å²) in [5.74, 6) is 1.76. The molecule has 1 atom stereocenters. The lowest BCUT2D eigenvalue weighted by atomic mass is 9.90. The number of hydrogen-bond acceptors (Lipinski definition) is 4. The molecule has 2 N–H and O–H groups in total. The van der Waals surface area contributed by atoms with Gasteiger partial charge in [0.15, 0.2) is 0 Å². The van der Waals surface area contributed by atoms with Gasteiger partial charge in [-0.3, -0.25) is 0 Å². The zero-order valence-electron chi connectivity index (χ0n) is 13.2. The van der Waals surface area contributed by atoms with E-state index in [1.807, 2.05) is 11.8 Å². The summed E-state index contributed by atoms with van der Waals surface area (Å²) in [5.41, 5.74) is 1.22. The van der Waals surface area contributed by atoms with Gasteiger partial charge >= 0.3 is 0 Å². The van der Waals surface area contributed by atoms with E-state index in [2.05, 4.69) is 48.5 Å².